The van der Waals surface area contributed by atoms with Gasteiger partial charge in [0, 0.05) is 6.54 Å². The first-order valence-corrected chi connectivity index (χ1v) is 4.20. The second-order valence-corrected chi connectivity index (χ2v) is 3.66. The van der Waals surface area contributed by atoms with Crippen molar-refractivity contribution in [2.24, 2.45) is 4.99 Å². The van der Waals surface area contributed by atoms with Crippen LogP contribution in [0, 0.1) is 0 Å². The number of ether oxygens (including phenoxy) is 1. The molecule has 0 aliphatic carbocycles. The molecule has 4 nitrogen and oxygen atoms in total. The second kappa shape index (κ2) is 4.97. The molecule has 0 aromatic rings. The Hall–Kier alpha value is -0.900. The minimum atomic E-state index is -0.827. The van der Waals surface area contributed by atoms with E-state index in [1.807, 2.05) is 19.0 Å². The van der Waals surface area contributed by atoms with Crippen LogP contribution in [0.4, 0.5) is 0 Å². The highest BCUT2D eigenvalue weighted by Gasteiger charge is 2.26. The molecule has 13 heavy (non-hydrogen) atoms. The summed E-state index contributed by atoms with van der Waals surface area (Å²) < 4.78 is 4.99. The van der Waals surface area contributed by atoms with Gasteiger partial charge in [-0.3, -0.25) is 4.99 Å². The Morgan fingerprint density at radius 2 is 2.08 bits per heavy atom. The molecule has 0 aromatic carbocycles. The van der Waals surface area contributed by atoms with E-state index in [9.17, 15) is 4.79 Å². The molecular weight excluding hydrogens is 168 g/mol. The third kappa shape index (κ3) is 4.62. The molecule has 0 atom stereocenters. The highest BCUT2D eigenvalue weighted by molar-refractivity contribution is 5.80. The summed E-state index contributed by atoms with van der Waals surface area (Å²) in [6, 6.07) is 0. The fraction of sp³-hybridized carbons (Fsp3) is 0.778. The van der Waals surface area contributed by atoms with Crippen molar-refractivity contribution >= 4 is 12.7 Å². The van der Waals surface area contributed by atoms with Crippen LogP contribution in [0.15, 0.2) is 4.99 Å². The van der Waals surface area contributed by atoms with Gasteiger partial charge in [0.15, 0.2) is 5.54 Å². The summed E-state index contributed by atoms with van der Waals surface area (Å²) in [6.45, 7) is 7.81. The highest BCUT2D eigenvalue weighted by atomic mass is 16.5. The zero-order chi connectivity index (χ0) is 10.5. The third-order valence-electron chi connectivity index (χ3n) is 1.67. The summed E-state index contributed by atoms with van der Waals surface area (Å²) in [5.74, 6) is -0.329. The smallest absolute Gasteiger partial charge is 0.333 e. The Bertz CT molecular complexity index is 188. The maximum absolute atomic E-state index is 11.3. The van der Waals surface area contributed by atoms with Crippen molar-refractivity contribution in [3.8, 4) is 0 Å². The van der Waals surface area contributed by atoms with Crippen molar-refractivity contribution in [1.29, 1.82) is 0 Å². The number of carbonyl (C=O) groups is 1. The molecule has 0 heterocycles. The van der Waals surface area contributed by atoms with Crippen LogP contribution in [-0.2, 0) is 9.53 Å². The Morgan fingerprint density at radius 1 is 1.54 bits per heavy atom. The third-order valence-corrected chi connectivity index (χ3v) is 1.67. The Kier molecular flexibility index (Phi) is 4.62. The lowest BCUT2D eigenvalue weighted by molar-refractivity contribution is -0.148. The number of hydrogen-bond donors (Lipinski definition) is 0. The van der Waals surface area contributed by atoms with Crippen LogP contribution >= 0.6 is 0 Å². The predicted octanol–water partition coefficient (Wildman–Crippen LogP) is 0.570. The van der Waals surface area contributed by atoms with E-state index in [0.717, 1.165) is 6.54 Å². The van der Waals surface area contributed by atoms with Gasteiger partial charge in [-0.15, -0.1) is 0 Å². The molecule has 0 radical (unpaired) electrons. The van der Waals surface area contributed by atoms with Crippen LogP contribution in [0.1, 0.15) is 13.8 Å². The molecule has 0 fully saturated rings. The lowest BCUT2D eigenvalue weighted by atomic mass is 10.1. The summed E-state index contributed by atoms with van der Waals surface area (Å²) >= 11 is 0. The van der Waals surface area contributed by atoms with Crippen LogP contribution in [0.3, 0.4) is 0 Å². The fourth-order valence-electron chi connectivity index (χ4n) is 0.562. The van der Waals surface area contributed by atoms with Gasteiger partial charge in [0.2, 0.25) is 0 Å². The molecule has 0 N–H and O–H groups in total. The first kappa shape index (κ1) is 12.1. The molecule has 0 saturated carbocycles. The summed E-state index contributed by atoms with van der Waals surface area (Å²) in [6.07, 6.45) is 0. The van der Waals surface area contributed by atoms with Crippen molar-refractivity contribution < 1.29 is 9.53 Å². The van der Waals surface area contributed by atoms with E-state index in [4.69, 9.17) is 4.74 Å². The monoisotopic (exact) mass is 186 g/mol. The topological polar surface area (TPSA) is 41.9 Å². The Labute approximate surface area is 79.6 Å². The zero-order valence-electron chi connectivity index (χ0n) is 8.83. The summed E-state index contributed by atoms with van der Waals surface area (Å²) in [4.78, 5) is 16.9. The normalized spacial score (nSPS) is 11.5. The summed E-state index contributed by atoms with van der Waals surface area (Å²) in [7, 11) is 3.84. The van der Waals surface area contributed by atoms with E-state index in [0.29, 0.717) is 6.61 Å². The number of rotatable bonds is 5. The van der Waals surface area contributed by atoms with Crippen LogP contribution in [0.25, 0.3) is 0 Å². The fourth-order valence-corrected chi connectivity index (χ4v) is 0.562. The van der Waals surface area contributed by atoms with Crippen molar-refractivity contribution in [2.75, 3.05) is 27.2 Å². The first-order chi connectivity index (χ1) is 5.90. The van der Waals surface area contributed by atoms with Gasteiger partial charge in [0.05, 0.1) is 0 Å². The van der Waals surface area contributed by atoms with Crippen molar-refractivity contribution in [3.63, 3.8) is 0 Å². The van der Waals surface area contributed by atoms with Crippen LogP contribution in [-0.4, -0.2) is 50.4 Å². The van der Waals surface area contributed by atoms with Crippen molar-refractivity contribution in [1.82, 2.24) is 4.90 Å². The number of likely N-dealkylation sites (N-methyl/N-ethyl adjacent to an activating group) is 1. The number of nitrogens with zero attached hydrogens (tertiary/aromatic N) is 2. The quantitative estimate of drug-likeness (QED) is 0.465. The van der Waals surface area contributed by atoms with Crippen LogP contribution in [0.5, 0.6) is 0 Å². The molecule has 0 amide bonds. The first-order valence-electron chi connectivity index (χ1n) is 4.20. The summed E-state index contributed by atoms with van der Waals surface area (Å²) in [5.41, 5.74) is -0.827. The van der Waals surface area contributed by atoms with E-state index >= 15 is 0 Å². The number of hydrogen-bond acceptors (Lipinski definition) is 4. The standard InChI is InChI=1S/C9H18N2O2/c1-9(2,10-3)8(12)13-7-6-11(4)5/h3,6-7H2,1-2,4-5H3. The van der Waals surface area contributed by atoms with Gasteiger partial charge in [-0.2, -0.15) is 0 Å². The number of carbonyl (C=O) groups excluding carboxylic acids is 1. The molecule has 76 valence electrons. The largest absolute Gasteiger partial charge is 0.463 e. The highest BCUT2D eigenvalue weighted by Crippen LogP contribution is 2.09. The molecule has 0 aromatic heterocycles. The summed E-state index contributed by atoms with van der Waals surface area (Å²) in [5, 5.41) is 0. The van der Waals surface area contributed by atoms with Gasteiger partial charge in [-0.25, -0.2) is 4.79 Å². The zero-order valence-corrected chi connectivity index (χ0v) is 8.83. The Balaban J connectivity index is 3.81. The van der Waals surface area contributed by atoms with Gasteiger partial charge in [0.1, 0.15) is 6.61 Å². The maximum atomic E-state index is 11.3. The van der Waals surface area contributed by atoms with E-state index in [-0.39, 0.29) is 5.97 Å². The van der Waals surface area contributed by atoms with E-state index in [2.05, 4.69) is 11.7 Å². The molecule has 0 saturated heterocycles. The van der Waals surface area contributed by atoms with Crippen molar-refractivity contribution in [3.05, 3.63) is 0 Å². The molecular formula is C9H18N2O2. The maximum Gasteiger partial charge on any atom is 0.333 e. The predicted molar refractivity (Wildman–Crippen MR) is 53.1 cm³/mol. The minimum Gasteiger partial charge on any atom is -0.463 e. The molecule has 4 heteroatoms. The molecule has 0 rings (SSSR count). The van der Waals surface area contributed by atoms with Gasteiger partial charge in [-0.05, 0) is 34.7 Å². The number of esters is 1. The van der Waals surface area contributed by atoms with Crippen LogP contribution < -0.4 is 0 Å². The van der Waals surface area contributed by atoms with E-state index < -0.39 is 5.54 Å². The van der Waals surface area contributed by atoms with Gasteiger partial charge >= 0.3 is 5.97 Å². The lowest BCUT2D eigenvalue weighted by Gasteiger charge is -2.18. The van der Waals surface area contributed by atoms with Gasteiger partial charge < -0.3 is 9.64 Å². The minimum absolute atomic E-state index is 0.329. The molecule has 0 bridgehead atoms. The second-order valence-electron chi connectivity index (χ2n) is 3.66. The molecule has 0 spiro atoms. The molecule has 0 unspecified atom stereocenters. The average Bonchev–Trinajstić information content (AvgIpc) is 2.03. The van der Waals surface area contributed by atoms with Crippen molar-refractivity contribution in [2.45, 2.75) is 19.4 Å². The number of aliphatic imine (C=N–C) groups is 1. The van der Waals surface area contributed by atoms with E-state index in [1.165, 1.54) is 0 Å². The molecule has 0 aliphatic rings. The molecule has 0 aliphatic heterocycles. The van der Waals surface area contributed by atoms with Gasteiger partial charge in [0.25, 0.3) is 0 Å². The lowest BCUT2D eigenvalue weighted by Crippen LogP contribution is -2.33. The SMILES string of the molecule is C=NC(C)(C)C(=O)OCCN(C)C. The Morgan fingerprint density at radius 3 is 2.46 bits per heavy atom. The average molecular weight is 186 g/mol. The van der Waals surface area contributed by atoms with Gasteiger partial charge in [-0.1, -0.05) is 0 Å². The van der Waals surface area contributed by atoms with E-state index in [1.54, 1.807) is 13.8 Å². The van der Waals surface area contributed by atoms with Crippen LogP contribution in [0.2, 0.25) is 0 Å².